The highest BCUT2D eigenvalue weighted by Gasteiger charge is 2.23. The van der Waals surface area contributed by atoms with Gasteiger partial charge in [-0.1, -0.05) is 0 Å². The molecule has 0 radical (unpaired) electrons. The quantitative estimate of drug-likeness (QED) is 0.336. The van der Waals surface area contributed by atoms with E-state index in [-0.39, 0.29) is 18.8 Å². The van der Waals surface area contributed by atoms with Crippen molar-refractivity contribution >= 4 is 49.4 Å². The third kappa shape index (κ3) is 4.08. The van der Waals surface area contributed by atoms with Crippen molar-refractivity contribution in [3.05, 3.63) is 46.7 Å². The summed E-state index contributed by atoms with van der Waals surface area (Å²) in [6.07, 6.45) is 4.74. The van der Waals surface area contributed by atoms with E-state index in [2.05, 4.69) is 36.4 Å². The fourth-order valence-corrected chi connectivity index (χ4v) is 4.37. The lowest BCUT2D eigenvalue weighted by molar-refractivity contribution is 0.0669. The van der Waals surface area contributed by atoms with E-state index in [1.165, 1.54) is 0 Å². The van der Waals surface area contributed by atoms with Gasteiger partial charge in [0.15, 0.2) is 5.75 Å². The smallest absolute Gasteiger partial charge is 0.227 e. The van der Waals surface area contributed by atoms with E-state index in [0.29, 0.717) is 17.4 Å². The Bertz CT molecular complexity index is 1240. The number of anilines is 2. The predicted octanol–water partition coefficient (Wildman–Crippen LogP) is 4.19. The van der Waals surface area contributed by atoms with E-state index in [0.717, 1.165) is 57.6 Å². The maximum Gasteiger partial charge on any atom is 0.227 e. The number of nitrogens with zero attached hydrogens (tertiary/aromatic N) is 3. The van der Waals surface area contributed by atoms with Crippen molar-refractivity contribution in [2.75, 3.05) is 5.32 Å². The summed E-state index contributed by atoms with van der Waals surface area (Å²) in [4.78, 5) is 9.16. The molecule has 9 heteroatoms. The summed E-state index contributed by atoms with van der Waals surface area (Å²) in [7, 11) is 0. The SMILES string of the molecule is OCc1n[nH]c2cc(Nc3ncc4ccc(Br)c(O[C@H]5CC[C@@H](O)CC5)c4n3)ccc12. The number of hydrogen-bond acceptors (Lipinski definition) is 7. The highest BCUT2D eigenvalue weighted by Crippen LogP contribution is 2.36. The zero-order valence-corrected chi connectivity index (χ0v) is 18.3. The van der Waals surface area contributed by atoms with Crippen LogP contribution in [0.25, 0.3) is 21.8 Å². The summed E-state index contributed by atoms with van der Waals surface area (Å²) in [6.45, 7) is -0.113. The summed E-state index contributed by atoms with van der Waals surface area (Å²) < 4.78 is 7.15. The molecular weight excluding hydrogens is 462 g/mol. The van der Waals surface area contributed by atoms with Crippen LogP contribution in [0.15, 0.2) is 41.0 Å². The van der Waals surface area contributed by atoms with E-state index in [1.807, 2.05) is 30.3 Å². The topological polar surface area (TPSA) is 116 Å². The van der Waals surface area contributed by atoms with Crippen molar-refractivity contribution in [1.29, 1.82) is 0 Å². The monoisotopic (exact) mass is 483 g/mol. The van der Waals surface area contributed by atoms with Crippen molar-refractivity contribution < 1.29 is 14.9 Å². The van der Waals surface area contributed by atoms with Crippen LogP contribution >= 0.6 is 15.9 Å². The molecule has 1 fully saturated rings. The van der Waals surface area contributed by atoms with Gasteiger partial charge >= 0.3 is 0 Å². The van der Waals surface area contributed by atoms with Gasteiger partial charge in [0.2, 0.25) is 5.95 Å². The Labute approximate surface area is 186 Å². The van der Waals surface area contributed by atoms with Gasteiger partial charge in [-0.05, 0) is 71.9 Å². The largest absolute Gasteiger partial charge is 0.487 e. The van der Waals surface area contributed by atoms with Gasteiger partial charge in [-0.3, -0.25) is 5.10 Å². The Morgan fingerprint density at radius 1 is 1.16 bits per heavy atom. The van der Waals surface area contributed by atoms with Crippen LogP contribution in [-0.2, 0) is 6.61 Å². The highest BCUT2D eigenvalue weighted by molar-refractivity contribution is 9.10. The van der Waals surface area contributed by atoms with Crippen LogP contribution < -0.4 is 10.1 Å². The van der Waals surface area contributed by atoms with Crippen molar-refractivity contribution in [2.45, 2.75) is 44.5 Å². The van der Waals surface area contributed by atoms with Gasteiger partial charge < -0.3 is 20.3 Å². The van der Waals surface area contributed by atoms with E-state index < -0.39 is 0 Å². The van der Waals surface area contributed by atoms with Crippen LogP contribution in [0, 0.1) is 0 Å². The molecule has 1 saturated carbocycles. The summed E-state index contributed by atoms with van der Waals surface area (Å²) in [5, 5.41) is 31.2. The standard InChI is InChI=1S/C22H22BrN5O3/c23-17-8-1-12-10-24-22(25-13-2-7-16-18(9-13)27-28-19(16)11-29)26-20(12)21(17)31-15-5-3-14(30)4-6-15/h1-2,7-10,14-15,29-30H,3-6,11H2,(H,27,28)(H,24,25,26)/t14-,15+. The zero-order valence-electron chi connectivity index (χ0n) is 16.7. The predicted molar refractivity (Wildman–Crippen MR) is 121 cm³/mol. The minimum Gasteiger partial charge on any atom is -0.487 e. The van der Waals surface area contributed by atoms with Gasteiger partial charge in [0.05, 0.1) is 34.5 Å². The van der Waals surface area contributed by atoms with Gasteiger partial charge in [0.25, 0.3) is 0 Å². The number of hydrogen-bond donors (Lipinski definition) is 4. The summed E-state index contributed by atoms with van der Waals surface area (Å²) in [5.41, 5.74) is 2.97. The number of fused-ring (bicyclic) bond motifs is 2. The number of aromatic nitrogens is 4. The van der Waals surface area contributed by atoms with E-state index >= 15 is 0 Å². The van der Waals surface area contributed by atoms with Crippen LogP contribution in [0.1, 0.15) is 31.4 Å². The lowest BCUT2D eigenvalue weighted by atomic mass is 9.95. The van der Waals surface area contributed by atoms with Crippen LogP contribution in [0.3, 0.4) is 0 Å². The average Bonchev–Trinajstić information content (AvgIpc) is 3.19. The normalized spacial score (nSPS) is 19.1. The molecular formula is C22H22BrN5O3. The maximum atomic E-state index is 9.77. The number of halogens is 1. The fraction of sp³-hybridized carbons (Fsp3) is 0.318. The van der Waals surface area contributed by atoms with Crippen molar-refractivity contribution in [3.8, 4) is 5.75 Å². The number of ether oxygens (including phenoxy) is 1. The molecule has 1 aliphatic rings. The lowest BCUT2D eigenvalue weighted by Crippen LogP contribution is -2.26. The van der Waals surface area contributed by atoms with E-state index in [4.69, 9.17) is 9.72 Å². The first kappa shape index (κ1) is 20.2. The Morgan fingerprint density at radius 2 is 2.00 bits per heavy atom. The molecule has 4 aromatic rings. The molecule has 2 heterocycles. The second-order valence-corrected chi connectivity index (χ2v) is 8.62. The molecule has 0 saturated heterocycles. The molecule has 0 spiro atoms. The molecule has 4 N–H and O–H groups in total. The zero-order chi connectivity index (χ0) is 21.4. The molecule has 0 amide bonds. The van der Waals surface area contributed by atoms with Crippen molar-refractivity contribution in [3.63, 3.8) is 0 Å². The van der Waals surface area contributed by atoms with E-state index in [9.17, 15) is 10.2 Å². The summed E-state index contributed by atoms with van der Waals surface area (Å²) in [5.74, 6) is 1.15. The van der Waals surface area contributed by atoms with Crippen molar-refractivity contribution in [2.24, 2.45) is 0 Å². The third-order valence-electron chi connectivity index (χ3n) is 5.63. The number of rotatable bonds is 5. The second kappa shape index (κ2) is 8.41. The fourth-order valence-electron chi connectivity index (χ4n) is 3.95. The first-order valence-corrected chi connectivity index (χ1v) is 11.0. The number of nitrogens with one attached hydrogen (secondary N) is 2. The molecule has 5 rings (SSSR count). The third-order valence-corrected chi connectivity index (χ3v) is 6.26. The average molecular weight is 484 g/mol. The highest BCUT2D eigenvalue weighted by atomic mass is 79.9. The molecule has 0 bridgehead atoms. The first-order chi connectivity index (χ1) is 15.1. The van der Waals surface area contributed by atoms with Crippen LogP contribution in [0.5, 0.6) is 5.75 Å². The molecule has 8 nitrogen and oxygen atoms in total. The van der Waals surface area contributed by atoms with Crippen LogP contribution in [-0.4, -0.2) is 42.6 Å². The van der Waals surface area contributed by atoms with Crippen LogP contribution in [0.2, 0.25) is 0 Å². The molecule has 1 aliphatic carbocycles. The van der Waals surface area contributed by atoms with Gasteiger partial charge in [-0.15, -0.1) is 0 Å². The number of aliphatic hydroxyl groups is 2. The van der Waals surface area contributed by atoms with Crippen LogP contribution in [0.4, 0.5) is 11.6 Å². The van der Waals surface area contributed by atoms with E-state index in [1.54, 1.807) is 6.20 Å². The number of H-pyrrole nitrogens is 1. The molecule has 0 aliphatic heterocycles. The first-order valence-electron chi connectivity index (χ1n) is 10.3. The minimum absolute atomic E-state index is 0.0557. The van der Waals surface area contributed by atoms with Gasteiger partial charge in [0, 0.05) is 22.7 Å². The van der Waals surface area contributed by atoms with Gasteiger partial charge in [-0.25, -0.2) is 9.97 Å². The summed E-state index contributed by atoms with van der Waals surface area (Å²) >= 11 is 3.60. The molecule has 0 atom stereocenters. The molecule has 2 aromatic carbocycles. The van der Waals surface area contributed by atoms with Crippen molar-refractivity contribution in [1.82, 2.24) is 20.2 Å². The Kier molecular flexibility index (Phi) is 5.47. The maximum absolute atomic E-state index is 9.77. The Hall–Kier alpha value is -2.75. The lowest BCUT2D eigenvalue weighted by Gasteiger charge is -2.27. The number of benzene rings is 2. The Morgan fingerprint density at radius 3 is 2.81 bits per heavy atom. The number of aromatic amines is 1. The molecule has 2 aromatic heterocycles. The molecule has 0 unspecified atom stereocenters. The second-order valence-electron chi connectivity index (χ2n) is 7.77. The van der Waals surface area contributed by atoms with Gasteiger partial charge in [0.1, 0.15) is 5.52 Å². The van der Waals surface area contributed by atoms with Gasteiger partial charge in [-0.2, -0.15) is 5.10 Å². The molecule has 31 heavy (non-hydrogen) atoms. The summed E-state index contributed by atoms with van der Waals surface area (Å²) in [6, 6.07) is 9.60. The Balaban J connectivity index is 1.44. The number of aliphatic hydroxyl groups excluding tert-OH is 2. The minimum atomic E-state index is -0.227. The molecule has 160 valence electrons.